The van der Waals surface area contributed by atoms with Crippen LogP contribution in [0.2, 0.25) is 5.02 Å². The van der Waals surface area contributed by atoms with Gasteiger partial charge in [0.15, 0.2) is 0 Å². The van der Waals surface area contributed by atoms with Gasteiger partial charge in [0.05, 0.1) is 17.4 Å². The average molecular weight is 265 g/mol. The Labute approximate surface area is 108 Å². The van der Waals surface area contributed by atoms with Crippen LogP contribution in [0, 0.1) is 0 Å². The molecule has 18 heavy (non-hydrogen) atoms. The van der Waals surface area contributed by atoms with E-state index in [1.807, 2.05) is 12.1 Å². The second-order valence-corrected chi connectivity index (χ2v) is 3.73. The van der Waals surface area contributed by atoms with Gasteiger partial charge >= 0.3 is 5.97 Å². The SMILES string of the molecule is CC(=O)O/N=C/c1cnn(-c2ccccc2Cl)n1. The number of carbonyl (C=O) groups is 1. The van der Waals surface area contributed by atoms with Crippen molar-refractivity contribution in [3.8, 4) is 5.69 Å². The van der Waals surface area contributed by atoms with Gasteiger partial charge in [-0.25, -0.2) is 4.79 Å². The van der Waals surface area contributed by atoms with Crippen molar-refractivity contribution in [3.05, 3.63) is 41.2 Å². The molecule has 0 amide bonds. The highest BCUT2D eigenvalue weighted by atomic mass is 35.5. The number of aromatic nitrogens is 3. The normalized spacial score (nSPS) is 10.8. The number of hydrogen-bond acceptors (Lipinski definition) is 5. The first-order chi connectivity index (χ1) is 8.66. The number of carbonyl (C=O) groups excluding carboxylic acids is 1. The van der Waals surface area contributed by atoms with Crippen molar-refractivity contribution in [2.75, 3.05) is 0 Å². The molecule has 1 heterocycles. The molecule has 0 N–H and O–H groups in total. The third-order valence-electron chi connectivity index (χ3n) is 1.94. The van der Waals surface area contributed by atoms with Crippen LogP contribution in [0.3, 0.4) is 0 Å². The predicted octanol–water partition coefficient (Wildman–Crippen LogP) is 1.82. The van der Waals surface area contributed by atoms with E-state index >= 15 is 0 Å². The largest absolute Gasteiger partial charge is 0.331 e. The van der Waals surface area contributed by atoms with E-state index in [9.17, 15) is 4.79 Å². The molecule has 92 valence electrons. The van der Waals surface area contributed by atoms with Gasteiger partial charge in [-0.3, -0.25) is 0 Å². The third-order valence-corrected chi connectivity index (χ3v) is 2.26. The van der Waals surface area contributed by atoms with Crippen LogP contribution < -0.4 is 0 Å². The van der Waals surface area contributed by atoms with E-state index in [1.165, 1.54) is 24.1 Å². The zero-order valence-corrected chi connectivity index (χ0v) is 10.2. The standard InChI is InChI=1S/C11H9ClN4O2/c1-8(17)18-14-7-9-6-13-16(15-9)11-5-3-2-4-10(11)12/h2-7H,1H3/b14-7+. The van der Waals surface area contributed by atoms with E-state index in [0.717, 1.165) is 0 Å². The molecular weight excluding hydrogens is 256 g/mol. The average Bonchev–Trinajstić information content (AvgIpc) is 2.78. The fraction of sp³-hybridized carbons (Fsp3) is 0.0909. The molecule has 2 rings (SSSR count). The Balaban J connectivity index is 2.18. The van der Waals surface area contributed by atoms with Gasteiger partial charge in [-0.1, -0.05) is 28.9 Å². The van der Waals surface area contributed by atoms with E-state index in [-0.39, 0.29) is 0 Å². The van der Waals surface area contributed by atoms with Crippen molar-refractivity contribution in [1.82, 2.24) is 15.0 Å². The lowest BCUT2D eigenvalue weighted by molar-refractivity contribution is -0.140. The molecule has 0 fully saturated rings. The number of nitrogens with zero attached hydrogens (tertiary/aromatic N) is 4. The van der Waals surface area contributed by atoms with Crippen LogP contribution >= 0.6 is 11.6 Å². The molecule has 0 aliphatic rings. The van der Waals surface area contributed by atoms with Crippen LogP contribution in [0.15, 0.2) is 35.6 Å². The molecule has 0 atom stereocenters. The van der Waals surface area contributed by atoms with E-state index in [2.05, 4.69) is 20.2 Å². The Morgan fingerprint density at radius 2 is 2.28 bits per heavy atom. The Hall–Kier alpha value is -2.21. The molecule has 0 bridgehead atoms. The second kappa shape index (κ2) is 5.42. The van der Waals surface area contributed by atoms with Gasteiger partial charge in [0.2, 0.25) is 0 Å². The summed E-state index contributed by atoms with van der Waals surface area (Å²) in [4.78, 5) is 16.3. The predicted molar refractivity (Wildman–Crippen MR) is 65.7 cm³/mol. The highest BCUT2D eigenvalue weighted by Gasteiger charge is 2.04. The molecule has 6 nitrogen and oxygen atoms in total. The van der Waals surface area contributed by atoms with Crippen LogP contribution in [0.4, 0.5) is 0 Å². The molecule has 0 spiro atoms. The first-order valence-corrected chi connectivity index (χ1v) is 5.43. The summed E-state index contributed by atoms with van der Waals surface area (Å²) in [5, 5.41) is 12.1. The van der Waals surface area contributed by atoms with Crippen molar-refractivity contribution >= 4 is 23.8 Å². The van der Waals surface area contributed by atoms with Gasteiger partial charge < -0.3 is 4.84 Å². The first kappa shape index (κ1) is 12.3. The maximum atomic E-state index is 10.5. The first-order valence-electron chi connectivity index (χ1n) is 5.05. The topological polar surface area (TPSA) is 69.4 Å². The van der Waals surface area contributed by atoms with E-state index in [0.29, 0.717) is 16.4 Å². The van der Waals surface area contributed by atoms with Crippen LogP contribution in [0.5, 0.6) is 0 Å². The quantitative estimate of drug-likeness (QED) is 0.482. The van der Waals surface area contributed by atoms with Gasteiger partial charge in [0.25, 0.3) is 0 Å². The molecule has 0 aliphatic carbocycles. The Morgan fingerprint density at radius 3 is 3.00 bits per heavy atom. The zero-order chi connectivity index (χ0) is 13.0. The molecule has 0 radical (unpaired) electrons. The van der Waals surface area contributed by atoms with Gasteiger partial charge in [-0.05, 0) is 12.1 Å². The summed E-state index contributed by atoms with van der Waals surface area (Å²) in [6.07, 6.45) is 2.78. The second-order valence-electron chi connectivity index (χ2n) is 3.33. The van der Waals surface area contributed by atoms with Gasteiger partial charge in [-0.2, -0.15) is 5.10 Å². The lowest BCUT2D eigenvalue weighted by Gasteiger charge is -2.00. The molecule has 0 saturated heterocycles. The van der Waals surface area contributed by atoms with Crippen molar-refractivity contribution in [1.29, 1.82) is 0 Å². The number of benzene rings is 1. The Bertz CT molecular complexity index is 594. The smallest absolute Gasteiger partial charge is 0.319 e. The summed E-state index contributed by atoms with van der Waals surface area (Å²) in [6, 6.07) is 7.18. The lowest BCUT2D eigenvalue weighted by atomic mass is 10.3. The molecule has 1 aromatic heterocycles. The number of hydrogen-bond donors (Lipinski definition) is 0. The molecule has 0 unspecified atom stereocenters. The van der Waals surface area contributed by atoms with Crippen LogP contribution in [0.1, 0.15) is 12.6 Å². The molecule has 1 aromatic carbocycles. The minimum absolute atomic E-state index is 0.455. The summed E-state index contributed by atoms with van der Waals surface area (Å²) < 4.78 is 0. The highest BCUT2D eigenvalue weighted by Crippen LogP contribution is 2.17. The summed E-state index contributed by atoms with van der Waals surface area (Å²) in [5.74, 6) is -0.496. The van der Waals surface area contributed by atoms with Gasteiger partial charge in [0.1, 0.15) is 11.4 Å². The summed E-state index contributed by atoms with van der Waals surface area (Å²) in [6.45, 7) is 1.26. The number of rotatable bonds is 3. The van der Waals surface area contributed by atoms with Gasteiger partial charge in [-0.15, -0.1) is 9.90 Å². The minimum atomic E-state index is -0.496. The molecule has 7 heteroatoms. The maximum absolute atomic E-state index is 10.5. The molecule has 0 saturated carbocycles. The third kappa shape index (κ3) is 2.92. The van der Waals surface area contributed by atoms with Crippen LogP contribution in [0.25, 0.3) is 5.69 Å². The lowest BCUT2D eigenvalue weighted by Crippen LogP contribution is -2.00. The van der Waals surface area contributed by atoms with Crippen LogP contribution in [-0.4, -0.2) is 27.2 Å². The fourth-order valence-electron chi connectivity index (χ4n) is 1.22. The Morgan fingerprint density at radius 1 is 1.50 bits per heavy atom. The summed E-state index contributed by atoms with van der Waals surface area (Å²) in [7, 11) is 0. The molecular formula is C11H9ClN4O2. The Kier molecular flexibility index (Phi) is 3.69. The zero-order valence-electron chi connectivity index (χ0n) is 9.45. The van der Waals surface area contributed by atoms with Crippen molar-refractivity contribution in [3.63, 3.8) is 0 Å². The summed E-state index contributed by atoms with van der Waals surface area (Å²) >= 11 is 6.01. The van der Waals surface area contributed by atoms with Crippen molar-refractivity contribution < 1.29 is 9.63 Å². The highest BCUT2D eigenvalue weighted by molar-refractivity contribution is 6.32. The van der Waals surface area contributed by atoms with E-state index < -0.39 is 5.97 Å². The maximum Gasteiger partial charge on any atom is 0.331 e. The van der Waals surface area contributed by atoms with Gasteiger partial charge in [0, 0.05) is 6.92 Å². The van der Waals surface area contributed by atoms with E-state index in [4.69, 9.17) is 11.6 Å². The van der Waals surface area contributed by atoms with Crippen LogP contribution in [-0.2, 0) is 9.63 Å². The fourth-order valence-corrected chi connectivity index (χ4v) is 1.43. The summed E-state index contributed by atoms with van der Waals surface area (Å²) in [5.41, 5.74) is 1.11. The van der Waals surface area contributed by atoms with Crippen molar-refractivity contribution in [2.24, 2.45) is 5.16 Å². The van der Waals surface area contributed by atoms with E-state index in [1.54, 1.807) is 12.1 Å². The molecule has 2 aromatic rings. The monoisotopic (exact) mass is 264 g/mol. The number of oxime groups is 1. The van der Waals surface area contributed by atoms with Crippen molar-refractivity contribution in [2.45, 2.75) is 6.92 Å². The minimum Gasteiger partial charge on any atom is -0.319 e. The molecule has 0 aliphatic heterocycles. The number of para-hydroxylation sites is 1. The number of halogens is 1.